The molecule has 30 heavy (non-hydrogen) atoms. The van der Waals surface area contributed by atoms with Gasteiger partial charge in [-0.3, -0.25) is 9.88 Å². The Bertz CT molecular complexity index is 1040. The molecular weight excluding hydrogens is 392 g/mol. The molecule has 0 aliphatic rings. The van der Waals surface area contributed by atoms with E-state index in [4.69, 9.17) is 4.98 Å². The average Bonchev–Trinajstić information content (AvgIpc) is 3.42. The topological polar surface area (TPSA) is 59.7 Å². The zero-order chi connectivity index (χ0) is 21.0. The summed E-state index contributed by atoms with van der Waals surface area (Å²) in [6, 6.07) is 20.6. The molecule has 4 aromatic rings. The number of aromatic nitrogens is 5. The van der Waals surface area contributed by atoms with Gasteiger partial charge in [-0.2, -0.15) is 0 Å². The number of hydrogen-bond donors (Lipinski definition) is 0. The number of nitrogens with zero attached hydrogens (tertiary/aromatic N) is 6. The molecule has 4 rings (SSSR count). The third-order valence-corrected chi connectivity index (χ3v) is 5.74. The van der Waals surface area contributed by atoms with E-state index in [9.17, 15) is 0 Å². The Hall–Kier alpha value is -2.90. The van der Waals surface area contributed by atoms with Crippen LogP contribution in [0.25, 0.3) is 0 Å². The van der Waals surface area contributed by atoms with Crippen molar-refractivity contribution in [2.24, 2.45) is 0 Å². The van der Waals surface area contributed by atoms with Crippen LogP contribution >= 0.6 is 11.3 Å². The summed E-state index contributed by atoms with van der Waals surface area (Å²) in [6.07, 6.45) is 1.83. The fourth-order valence-electron chi connectivity index (χ4n) is 3.52. The van der Waals surface area contributed by atoms with Crippen LogP contribution in [0.5, 0.6) is 0 Å². The van der Waals surface area contributed by atoms with Gasteiger partial charge in [0.15, 0.2) is 5.82 Å². The molecule has 0 spiro atoms. The number of rotatable bonds is 7. The van der Waals surface area contributed by atoms with Gasteiger partial charge in [-0.05, 0) is 60.3 Å². The zero-order valence-corrected chi connectivity index (χ0v) is 18.3. The molecule has 154 valence electrons. The summed E-state index contributed by atoms with van der Waals surface area (Å²) in [6.45, 7) is 7.89. The van der Waals surface area contributed by atoms with Gasteiger partial charge in [-0.1, -0.05) is 42.5 Å². The van der Waals surface area contributed by atoms with Crippen molar-refractivity contribution in [1.29, 1.82) is 0 Å². The summed E-state index contributed by atoms with van der Waals surface area (Å²) in [4.78, 5) is 8.40. The van der Waals surface area contributed by atoms with Crippen LogP contribution in [-0.4, -0.2) is 30.1 Å². The van der Waals surface area contributed by atoms with Crippen molar-refractivity contribution in [2.75, 3.05) is 0 Å². The van der Waals surface area contributed by atoms with Gasteiger partial charge in [0.25, 0.3) is 0 Å². The third-order valence-electron chi connectivity index (χ3n) is 4.87. The Morgan fingerprint density at radius 1 is 0.967 bits per heavy atom. The minimum Gasteiger partial charge on any atom is -0.279 e. The van der Waals surface area contributed by atoms with E-state index in [-0.39, 0.29) is 11.6 Å². The van der Waals surface area contributed by atoms with E-state index in [1.165, 1.54) is 10.4 Å². The van der Waals surface area contributed by atoms with Gasteiger partial charge in [0.2, 0.25) is 0 Å². The van der Waals surface area contributed by atoms with Crippen LogP contribution in [-0.2, 0) is 18.6 Å². The molecule has 3 aromatic heterocycles. The fraction of sp³-hybridized carbons (Fsp3) is 0.304. The monoisotopic (exact) mass is 418 g/mol. The summed E-state index contributed by atoms with van der Waals surface area (Å²) in [5.74, 6) is 0.800. The molecule has 1 atom stereocenters. The Labute approximate surface area is 181 Å². The molecule has 3 heterocycles. The van der Waals surface area contributed by atoms with Gasteiger partial charge in [0, 0.05) is 24.2 Å². The molecule has 0 aliphatic heterocycles. The Balaban J connectivity index is 1.82. The van der Waals surface area contributed by atoms with E-state index in [0.29, 0.717) is 0 Å². The Morgan fingerprint density at radius 2 is 1.77 bits per heavy atom. The molecule has 1 aromatic carbocycles. The molecule has 0 saturated heterocycles. The number of tetrazole rings is 1. The largest absolute Gasteiger partial charge is 0.279 e. The highest BCUT2D eigenvalue weighted by atomic mass is 32.1. The van der Waals surface area contributed by atoms with Gasteiger partial charge in [-0.15, -0.1) is 16.4 Å². The van der Waals surface area contributed by atoms with Crippen molar-refractivity contribution in [3.05, 3.63) is 94.2 Å². The molecule has 6 nitrogen and oxygen atoms in total. The molecule has 0 N–H and O–H groups in total. The van der Waals surface area contributed by atoms with E-state index in [0.717, 1.165) is 24.6 Å². The second kappa shape index (κ2) is 8.85. The average molecular weight is 419 g/mol. The molecule has 0 bridgehead atoms. The lowest BCUT2D eigenvalue weighted by molar-refractivity contribution is 0.184. The highest BCUT2D eigenvalue weighted by Crippen LogP contribution is 2.31. The minimum absolute atomic E-state index is 0.178. The number of hydrogen-bond acceptors (Lipinski definition) is 6. The predicted molar refractivity (Wildman–Crippen MR) is 119 cm³/mol. The van der Waals surface area contributed by atoms with Crippen molar-refractivity contribution in [2.45, 2.75) is 45.4 Å². The zero-order valence-electron chi connectivity index (χ0n) is 17.5. The second-order valence-corrected chi connectivity index (χ2v) is 9.28. The van der Waals surface area contributed by atoms with Gasteiger partial charge in [-0.25, -0.2) is 4.68 Å². The summed E-state index contributed by atoms with van der Waals surface area (Å²) < 4.78 is 1.92. The van der Waals surface area contributed by atoms with Gasteiger partial charge >= 0.3 is 0 Å². The van der Waals surface area contributed by atoms with E-state index in [2.05, 4.69) is 89.0 Å². The van der Waals surface area contributed by atoms with Crippen molar-refractivity contribution in [3.8, 4) is 0 Å². The maximum Gasteiger partial charge on any atom is 0.175 e. The smallest absolute Gasteiger partial charge is 0.175 e. The standard InChI is InChI=1S/C23H26N6S/c1-23(2,3)29-22(25-26-27-29)21(20-13-7-8-14-24-20)28(17-19-12-9-15-30-19)16-18-10-5-4-6-11-18/h4-15,21H,16-17H2,1-3H3. The first-order chi connectivity index (χ1) is 14.5. The molecule has 0 amide bonds. The van der Waals surface area contributed by atoms with Crippen molar-refractivity contribution < 1.29 is 0 Å². The minimum atomic E-state index is -0.243. The van der Waals surface area contributed by atoms with Crippen molar-refractivity contribution in [1.82, 2.24) is 30.1 Å². The highest BCUT2D eigenvalue weighted by molar-refractivity contribution is 7.09. The first-order valence-corrected chi connectivity index (χ1v) is 10.9. The summed E-state index contributed by atoms with van der Waals surface area (Å²) in [5.41, 5.74) is 1.93. The van der Waals surface area contributed by atoms with Crippen LogP contribution in [0.15, 0.2) is 72.2 Å². The number of pyridine rings is 1. The lowest BCUT2D eigenvalue weighted by Gasteiger charge is -2.32. The molecule has 0 aliphatic carbocycles. The van der Waals surface area contributed by atoms with E-state index in [1.807, 2.05) is 29.1 Å². The molecule has 7 heteroatoms. The van der Waals surface area contributed by atoms with Crippen molar-refractivity contribution >= 4 is 11.3 Å². The van der Waals surface area contributed by atoms with Crippen LogP contribution in [0.4, 0.5) is 0 Å². The number of thiophene rings is 1. The van der Waals surface area contributed by atoms with E-state index < -0.39 is 0 Å². The van der Waals surface area contributed by atoms with E-state index >= 15 is 0 Å². The highest BCUT2D eigenvalue weighted by Gasteiger charge is 2.32. The van der Waals surface area contributed by atoms with Gasteiger partial charge < -0.3 is 0 Å². The van der Waals surface area contributed by atoms with Crippen LogP contribution in [0.2, 0.25) is 0 Å². The third kappa shape index (κ3) is 4.63. The first kappa shape index (κ1) is 20.4. The maximum absolute atomic E-state index is 4.70. The predicted octanol–water partition coefficient (Wildman–Crippen LogP) is 4.68. The van der Waals surface area contributed by atoms with Crippen LogP contribution in [0.3, 0.4) is 0 Å². The molecule has 1 unspecified atom stereocenters. The quantitative estimate of drug-likeness (QED) is 0.436. The summed E-state index contributed by atoms with van der Waals surface area (Å²) >= 11 is 1.76. The van der Waals surface area contributed by atoms with Crippen LogP contribution in [0, 0.1) is 0 Å². The Kier molecular flexibility index (Phi) is 6.01. The van der Waals surface area contributed by atoms with E-state index in [1.54, 1.807) is 11.3 Å². The van der Waals surface area contributed by atoms with Crippen molar-refractivity contribution in [3.63, 3.8) is 0 Å². The SMILES string of the molecule is CC(C)(C)n1nnnc1C(c1ccccn1)N(Cc1ccccc1)Cc1cccs1. The normalized spacial score (nSPS) is 12.9. The number of benzene rings is 1. The summed E-state index contributed by atoms with van der Waals surface area (Å²) in [5, 5.41) is 14.9. The first-order valence-electron chi connectivity index (χ1n) is 10.0. The van der Waals surface area contributed by atoms with Gasteiger partial charge in [0.05, 0.1) is 11.2 Å². The molecule has 0 radical (unpaired) electrons. The lowest BCUT2D eigenvalue weighted by Crippen LogP contribution is -2.35. The van der Waals surface area contributed by atoms with Crippen LogP contribution in [0.1, 0.15) is 48.8 Å². The second-order valence-electron chi connectivity index (χ2n) is 8.25. The molecular formula is C23H26N6S. The fourth-order valence-corrected chi connectivity index (χ4v) is 4.25. The Morgan fingerprint density at radius 3 is 2.43 bits per heavy atom. The lowest BCUT2D eigenvalue weighted by atomic mass is 10.1. The molecule has 0 saturated carbocycles. The van der Waals surface area contributed by atoms with Gasteiger partial charge in [0.1, 0.15) is 6.04 Å². The maximum atomic E-state index is 4.70. The summed E-state index contributed by atoms with van der Waals surface area (Å²) in [7, 11) is 0. The van der Waals surface area contributed by atoms with Crippen LogP contribution < -0.4 is 0 Å². The molecule has 0 fully saturated rings.